The third-order valence-electron chi connectivity index (χ3n) is 3.41. The maximum atomic E-state index is 12.2. The lowest BCUT2D eigenvalue weighted by molar-refractivity contribution is -0.134. The van der Waals surface area contributed by atoms with Crippen molar-refractivity contribution in [1.29, 1.82) is 0 Å². The van der Waals surface area contributed by atoms with Crippen molar-refractivity contribution in [3.8, 4) is 11.4 Å². The van der Waals surface area contributed by atoms with Crippen molar-refractivity contribution in [3.05, 3.63) is 54.1 Å². The first kappa shape index (κ1) is 25.1. The van der Waals surface area contributed by atoms with Gasteiger partial charge in [-0.3, -0.25) is 14.2 Å². The fourth-order valence-corrected chi connectivity index (χ4v) is 2.59. The summed E-state index contributed by atoms with van der Waals surface area (Å²) in [6.07, 6.45) is 0.448. The average Bonchev–Trinajstić information content (AvgIpc) is 3.13. The quantitative estimate of drug-likeness (QED) is 0.510. The van der Waals surface area contributed by atoms with Crippen LogP contribution in [0.5, 0.6) is 0 Å². The number of hydrogen-bond acceptors (Lipinski definition) is 3. The molecule has 0 saturated carbocycles. The molecule has 0 saturated heterocycles. The lowest BCUT2D eigenvalue weighted by atomic mass is 10.0. The average molecular weight is 385 g/mol. The van der Waals surface area contributed by atoms with Crippen LogP contribution in [0.25, 0.3) is 22.4 Å². The molecular weight excluding hydrogens is 352 g/mol. The van der Waals surface area contributed by atoms with E-state index >= 15 is 0 Å². The number of para-hydroxylation sites is 2. The molecule has 0 bridgehead atoms. The van der Waals surface area contributed by atoms with E-state index < -0.39 is 5.97 Å². The topological polar surface area (TPSA) is 72.2 Å². The van der Waals surface area contributed by atoms with Gasteiger partial charge in [-0.15, -0.1) is 0 Å². The second kappa shape index (κ2) is 13.3. The van der Waals surface area contributed by atoms with Gasteiger partial charge in [0.1, 0.15) is 5.82 Å². The van der Waals surface area contributed by atoms with Crippen LogP contribution in [0.4, 0.5) is 0 Å². The van der Waals surface area contributed by atoms with Crippen LogP contribution in [0, 0.1) is 0 Å². The molecule has 152 valence electrons. The van der Waals surface area contributed by atoms with Gasteiger partial charge in [0.05, 0.1) is 17.5 Å². The summed E-state index contributed by atoms with van der Waals surface area (Å²) in [5.41, 5.74) is 3.89. The van der Waals surface area contributed by atoms with E-state index in [2.05, 4.69) is 4.98 Å². The Labute approximate surface area is 168 Å². The zero-order chi connectivity index (χ0) is 21.7. The molecule has 0 spiro atoms. The van der Waals surface area contributed by atoms with E-state index in [0.717, 1.165) is 34.9 Å². The molecule has 2 aromatic carbocycles. The van der Waals surface area contributed by atoms with Crippen LogP contribution in [0.15, 0.2) is 48.5 Å². The highest BCUT2D eigenvalue weighted by Gasteiger charge is 2.25. The number of carboxylic acid groups (broad SMARTS) is 1. The fourth-order valence-electron chi connectivity index (χ4n) is 2.59. The van der Waals surface area contributed by atoms with Gasteiger partial charge in [-0.1, -0.05) is 77.9 Å². The molecule has 1 aliphatic heterocycles. The summed E-state index contributed by atoms with van der Waals surface area (Å²) in [4.78, 5) is 25.8. The SMILES string of the molecule is CC.CC.CC.CC(=O)O.O=C1Cc2ccccc2-c2nc3ccccc3n21. The number of aliphatic carboxylic acids is 1. The van der Waals surface area contributed by atoms with Crippen LogP contribution in [0.1, 0.15) is 58.8 Å². The smallest absolute Gasteiger partial charge is 0.300 e. The summed E-state index contributed by atoms with van der Waals surface area (Å²) in [7, 11) is 0. The molecule has 1 N–H and O–H groups in total. The molecule has 0 atom stereocenters. The molecule has 5 heteroatoms. The number of fused-ring (bicyclic) bond motifs is 5. The molecule has 0 radical (unpaired) electrons. The van der Waals surface area contributed by atoms with Crippen molar-refractivity contribution in [1.82, 2.24) is 9.55 Å². The molecule has 0 amide bonds. The summed E-state index contributed by atoms with van der Waals surface area (Å²) in [6, 6.07) is 15.7. The summed E-state index contributed by atoms with van der Waals surface area (Å²) >= 11 is 0. The fraction of sp³-hybridized carbons (Fsp3) is 0.348. The predicted molar refractivity (Wildman–Crippen MR) is 117 cm³/mol. The van der Waals surface area contributed by atoms with Crippen LogP contribution in [-0.2, 0) is 11.2 Å². The van der Waals surface area contributed by atoms with Crippen molar-refractivity contribution >= 4 is 22.9 Å². The number of imidazole rings is 1. The van der Waals surface area contributed by atoms with Crippen LogP contribution >= 0.6 is 0 Å². The maximum Gasteiger partial charge on any atom is 0.300 e. The Morgan fingerprint density at radius 2 is 1.43 bits per heavy atom. The van der Waals surface area contributed by atoms with Crippen molar-refractivity contribution in [2.45, 2.75) is 54.9 Å². The molecule has 28 heavy (non-hydrogen) atoms. The van der Waals surface area contributed by atoms with Gasteiger partial charge in [0, 0.05) is 12.5 Å². The molecule has 0 aliphatic carbocycles. The molecule has 1 aromatic heterocycles. The number of carboxylic acids is 1. The standard InChI is InChI=1S/C15H10N2O.C2H4O2.3C2H6/c18-14-9-10-5-1-2-6-11(10)15-16-12-7-3-4-8-13(12)17(14)15;1-2(3)4;3*1-2/h1-8H,9H2;1H3,(H,3,4);3*1-2H3. The van der Waals surface area contributed by atoms with E-state index in [0.29, 0.717) is 6.42 Å². The molecule has 4 rings (SSSR count). The first-order valence-corrected chi connectivity index (χ1v) is 9.86. The van der Waals surface area contributed by atoms with E-state index in [1.165, 1.54) is 0 Å². The van der Waals surface area contributed by atoms with Gasteiger partial charge in [-0.25, -0.2) is 4.98 Å². The van der Waals surface area contributed by atoms with E-state index in [1.807, 2.05) is 90.1 Å². The highest BCUT2D eigenvalue weighted by Crippen LogP contribution is 2.31. The molecule has 0 fully saturated rings. The monoisotopic (exact) mass is 384 g/mol. The molecule has 1 aliphatic rings. The van der Waals surface area contributed by atoms with Gasteiger partial charge in [-0.05, 0) is 17.7 Å². The number of aromatic nitrogens is 2. The van der Waals surface area contributed by atoms with Crippen molar-refractivity contribution < 1.29 is 14.7 Å². The normalized spacial score (nSPS) is 10.2. The first-order chi connectivity index (χ1) is 13.6. The van der Waals surface area contributed by atoms with Crippen LogP contribution in [0.2, 0.25) is 0 Å². The Morgan fingerprint density at radius 1 is 0.929 bits per heavy atom. The molecule has 2 heterocycles. The maximum absolute atomic E-state index is 12.2. The highest BCUT2D eigenvalue weighted by atomic mass is 16.4. The number of rotatable bonds is 0. The van der Waals surface area contributed by atoms with Gasteiger partial charge in [-0.2, -0.15) is 0 Å². The Balaban J connectivity index is 0.000000632. The summed E-state index contributed by atoms with van der Waals surface area (Å²) in [5.74, 6) is 0.0282. The van der Waals surface area contributed by atoms with Gasteiger partial charge in [0.15, 0.2) is 0 Å². The number of hydrogen-bond donors (Lipinski definition) is 1. The van der Waals surface area contributed by atoms with Crippen molar-refractivity contribution in [3.63, 3.8) is 0 Å². The molecular formula is C23H32N2O3. The largest absolute Gasteiger partial charge is 0.481 e. The summed E-state index contributed by atoms with van der Waals surface area (Å²) in [6.45, 7) is 13.1. The number of carbonyl (C=O) groups is 2. The van der Waals surface area contributed by atoms with Gasteiger partial charge >= 0.3 is 0 Å². The van der Waals surface area contributed by atoms with E-state index in [1.54, 1.807) is 4.57 Å². The molecule has 3 aromatic rings. The third-order valence-corrected chi connectivity index (χ3v) is 3.41. The third kappa shape index (κ3) is 6.05. The Morgan fingerprint density at radius 3 is 2.04 bits per heavy atom. The molecule has 0 unspecified atom stereocenters. The number of nitrogens with zero attached hydrogens (tertiary/aromatic N) is 2. The number of benzene rings is 2. The van der Waals surface area contributed by atoms with Crippen LogP contribution in [0.3, 0.4) is 0 Å². The lowest BCUT2D eigenvalue weighted by Gasteiger charge is -2.16. The number of carbonyl (C=O) groups excluding carboxylic acids is 1. The second-order valence-corrected chi connectivity index (χ2v) is 5.01. The van der Waals surface area contributed by atoms with Crippen LogP contribution in [-0.4, -0.2) is 26.5 Å². The van der Waals surface area contributed by atoms with Gasteiger partial charge < -0.3 is 5.11 Å². The minimum atomic E-state index is -0.833. The Hall–Kier alpha value is -2.95. The zero-order valence-corrected chi connectivity index (χ0v) is 18.0. The van der Waals surface area contributed by atoms with Crippen LogP contribution < -0.4 is 0 Å². The Bertz CT molecular complexity index is 878. The lowest BCUT2D eigenvalue weighted by Crippen LogP contribution is -2.20. The van der Waals surface area contributed by atoms with Gasteiger partial charge in [0.2, 0.25) is 5.91 Å². The predicted octanol–water partition coefficient (Wildman–Crippen LogP) is 6.07. The van der Waals surface area contributed by atoms with Gasteiger partial charge in [0.25, 0.3) is 5.97 Å². The highest BCUT2D eigenvalue weighted by molar-refractivity contribution is 5.99. The zero-order valence-electron chi connectivity index (χ0n) is 18.0. The van der Waals surface area contributed by atoms with Crippen molar-refractivity contribution in [2.75, 3.05) is 0 Å². The minimum Gasteiger partial charge on any atom is -0.481 e. The summed E-state index contributed by atoms with van der Waals surface area (Å²) in [5, 5.41) is 7.42. The molecule has 5 nitrogen and oxygen atoms in total. The van der Waals surface area contributed by atoms with E-state index in [9.17, 15) is 4.79 Å². The Kier molecular flexibility index (Phi) is 11.9. The second-order valence-electron chi connectivity index (χ2n) is 5.01. The van der Waals surface area contributed by atoms with E-state index in [-0.39, 0.29) is 5.91 Å². The minimum absolute atomic E-state index is 0.0948. The summed E-state index contributed by atoms with van der Waals surface area (Å²) < 4.78 is 1.73. The first-order valence-electron chi connectivity index (χ1n) is 9.86. The van der Waals surface area contributed by atoms with Crippen molar-refractivity contribution in [2.24, 2.45) is 0 Å². The van der Waals surface area contributed by atoms with E-state index in [4.69, 9.17) is 9.90 Å².